The average Bonchev–Trinajstić information content (AvgIpc) is 2.20. The molecule has 1 rings (SSSR count). The summed E-state index contributed by atoms with van der Waals surface area (Å²) in [4.78, 5) is 0. The fourth-order valence-electron chi connectivity index (χ4n) is 1.45. The number of methoxy groups -OCH3 is 1. The second-order valence-electron chi connectivity index (χ2n) is 3.27. The molecule has 0 bridgehead atoms. The predicted molar refractivity (Wildman–Crippen MR) is 48.3 cm³/mol. The third-order valence-electron chi connectivity index (χ3n) is 2.22. The Balaban J connectivity index is 2.35. The second-order valence-corrected chi connectivity index (χ2v) is 3.27. The first-order chi connectivity index (χ1) is 6.33. The molecule has 0 aromatic heterocycles. The lowest BCUT2D eigenvalue weighted by Crippen LogP contribution is -2.51. The van der Waals surface area contributed by atoms with Crippen molar-refractivity contribution in [2.75, 3.05) is 33.5 Å². The smallest absolute Gasteiger partial charge is 0.130 e. The molecule has 1 saturated heterocycles. The molecule has 0 aromatic rings. The van der Waals surface area contributed by atoms with Crippen molar-refractivity contribution in [2.45, 2.75) is 18.4 Å². The lowest BCUT2D eigenvalue weighted by atomic mass is 9.94. The van der Waals surface area contributed by atoms with Crippen LogP contribution >= 0.6 is 0 Å². The van der Waals surface area contributed by atoms with Crippen LogP contribution in [0.25, 0.3) is 0 Å². The number of rotatable bonds is 4. The van der Waals surface area contributed by atoms with E-state index in [0.29, 0.717) is 19.8 Å². The Labute approximate surface area is 78.8 Å². The van der Waals surface area contributed by atoms with Gasteiger partial charge in [0.05, 0.1) is 19.3 Å². The summed E-state index contributed by atoms with van der Waals surface area (Å²) >= 11 is 0. The summed E-state index contributed by atoms with van der Waals surface area (Å²) in [5.74, 6) is 0. The van der Waals surface area contributed by atoms with Gasteiger partial charge in [-0.3, -0.25) is 5.32 Å². The molecule has 1 aliphatic rings. The zero-order chi connectivity index (χ0) is 9.57. The summed E-state index contributed by atoms with van der Waals surface area (Å²) in [7, 11) is 1.65. The summed E-state index contributed by atoms with van der Waals surface area (Å²) in [6.07, 6.45) is 1.82. The van der Waals surface area contributed by atoms with E-state index >= 15 is 0 Å². The molecule has 0 aliphatic carbocycles. The SMILES string of the molecule is COCCNC1(C#N)CCCOC1. The highest BCUT2D eigenvalue weighted by atomic mass is 16.5. The van der Waals surface area contributed by atoms with E-state index in [1.165, 1.54) is 0 Å². The minimum absolute atomic E-state index is 0.475. The van der Waals surface area contributed by atoms with Gasteiger partial charge in [0.2, 0.25) is 0 Å². The van der Waals surface area contributed by atoms with Crippen LogP contribution in [-0.2, 0) is 9.47 Å². The van der Waals surface area contributed by atoms with Crippen LogP contribution in [0.4, 0.5) is 0 Å². The number of hydrogen-bond donors (Lipinski definition) is 1. The second kappa shape index (κ2) is 5.18. The van der Waals surface area contributed by atoms with Gasteiger partial charge < -0.3 is 9.47 Å². The van der Waals surface area contributed by atoms with E-state index in [9.17, 15) is 0 Å². The number of nitrogens with zero attached hydrogens (tertiary/aromatic N) is 1. The third-order valence-corrected chi connectivity index (χ3v) is 2.22. The molecule has 1 N–H and O–H groups in total. The third kappa shape index (κ3) is 2.96. The Bertz CT molecular complexity index is 183. The van der Waals surface area contributed by atoms with Crippen molar-refractivity contribution in [3.8, 4) is 6.07 Å². The van der Waals surface area contributed by atoms with Crippen LogP contribution in [0.15, 0.2) is 0 Å². The summed E-state index contributed by atoms with van der Waals surface area (Å²) < 4.78 is 10.2. The first kappa shape index (κ1) is 10.5. The normalized spacial score (nSPS) is 28.3. The highest BCUT2D eigenvalue weighted by molar-refractivity contribution is 5.08. The molecule has 13 heavy (non-hydrogen) atoms. The predicted octanol–water partition coefficient (Wildman–Crippen LogP) is 0.295. The first-order valence-corrected chi connectivity index (χ1v) is 4.56. The van der Waals surface area contributed by atoms with Crippen molar-refractivity contribution in [2.24, 2.45) is 0 Å². The molecule has 4 nitrogen and oxygen atoms in total. The average molecular weight is 184 g/mol. The van der Waals surface area contributed by atoms with E-state index < -0.39 is 5.54 Å². The van der Waals surface area contributed by atoms with E-state index in [0.717, 1.165) is 19.4 Å². The zero-order valence-electron chi connectivity index (χ0n) is 8.01. The van der Waals surface area contributed by atoms with Gasteiger partial charge in [-0.25, -0.2) is 0 Å². The fourth-order valence-corrected chi connectivity index (χ4v) is 1.45. The number of ether oxygens (including phenoxy) is 2. The Morgan fingerprint density at radius 1 is 1.69 bits per heavy atom. The Morgan fingerprint density at radius 2 is 2.54 bits per heavy atom. The quantitative estimate of drug-likeness (QED) is 0.638. The van der Waals surface area contributed by atoms with Crippen LogP contribution in [0.1, 0.15) is 12.8 Å². The summed E-state index contributed by atoms with van der Waals surface area (Å²) in [6.45, 7) is 2.60. The van der Waals surface area contributed by atoms with Gasteiger partial charge in [0.15, 0.2) is 0 Å². The van der Waals surface area contributed by atoms with Gasteiger partial charge in [0.1, 0.15) is 5.54 Å². The van der Waals surface area contributed by atoms with Gasteiger partial charge in [-0.1, -0.05) is 0 Å². The molecule has 1 fully saturated rings. The van der Waals surface area contributed by atoms with Gasteiger partial charge in [-0.15, -0.1) is 0 Å². The van der Waals surface area contributed by atoms with E-state index in [1.807, 2.05) is 0 Å². The van der Waals surface area contributed by atoms with Crippen LogP contribution in [0.3, 0.4) is 0 Å². The largest absolute Gasteiger partial charge is 0.383 e. The van der Waals surface area contributed by atoms with Gasteiger partial charge in [-0.05, 0) is 12.8 Å². The van der Waals surface area contributed by atoms with Crippen molar-refractivity contribution in [1.29, 1.82) is 5.26 Å². The van der Waals surface area contributed by atoms with Crippen molar-refractivity contribution >= 4 is 0 Å². The minimum atomic E-state index is -0.475. The van der Waals surface area contributed by atoms with Crippen molar-refractivity contribution in [3.63, 3.8) is 0 Å². The van der Waals surface area contributed by atoms with E-state index in [2.05, 4.69) is 11.4 Å². The maximum Gasteiger partial charge on any atom is 0.130 e. The maximum atomic E-state index is 9.01. The Hall–Kier alpha value is -0.630. The molecule has 74 valence electrons. The molecular formula is C9H16N2O2. The summed E-state index contributed by atoms with van der Waals surface area (Å²) in [5, 5.41) is 12.2. The summed E-state index contributed by atoms with van der Waals surface area (Å²) in [6, 6.07) is 2.28. The molecule has 1 heterocycles. The van der Waals surface area contributed by atoms with Gasteiger partial charge in [-0.2, -0.15) is 5.26 Å². The van der Waals surface area contributed by atoms with Crippen LogP contribution in [0.5, 0.6) is 0 Å². The van der Waals surface area contributed by atoms with E-state index in [4.69, 9.17) is 14.7 Å². The first-order valence-electron chi connectivity index (χ1n) is 4.56. The molecule has 0 spiro atoms. The molecule has 1 unspecified atom stereocenters. The standard InChI is InChI=1S/C9H16N2O2/c1-12-6-4-11-9(7-10)3-2-5-13-8-9/h11H,2-6,8H2,1H3. The highest BCUT2D eigenvalue weighted by Gasteiger charge is 2.31. The lowest BCUT2D eigenvalue weighted by Gasteiger charge is -2.31. The van der Waals surface area contributed by atoms with Gasteiger partial charge >= 0.3 is 0 Å². The molecule has 1 atom stereocenters. The highest BCUT2D eigenvalue weighted by Crippen LogP contribution is 2.17. The van der Waals surface area contributed by atoms with Gasteiger partial charge in [0, 0.05) is 20.3 Å². The number of nitriles is 1. The van der Waals surface area contributed by atoms with E-state index in [-0.39, 0.29) is 0 Å². The van der Waals surface area contributed by atoms with Gasteiger partial charge in [0.25, 0.3) is 0 Å². The molecule has 4 heteroatoms. The zero-order valence-corrected chi connectivity index (χ0v) is 8.01. The molecular weight excluding hydrogens is 168 g/mol. The van der Waals surface area contributed by atoms with Crippen LogP contribution in [0.2, 0.25) is 0 Å². The van der Waals surface area contributed by atoms with Crippen molar-refractivity contribution in [1.82, 2.24) is 5.32 Å². The monoisotopic (exact) mass is 184 g/mol. The van der Waals surface area contributed by atoms with Crippen LogP contribution in [-0.4, -0.2) is 39.0 Å². The number of hydrogen-bond acceptors (Lipinski definition) is 4. The fraction of sp³-hybridized carbons (Fsp3) is 0.889. The summed E-state index contributed by atoms with van der Waals surface area (Å²) in [5.41, 5.74) is -0.475. The molecule has 0 aromatic carbocycles. The lowest BCUT2D eigenvalue weighted by molar-refractivity contribution is 0.0413. The Kier molecular flexibility index (Phi) is 4.16. The topological polar surface area (TPSA) is 54.3 Å². The minimum Gasteiger partial charge on any atom is -0.383 e. The maximum absolute atomic E-state index is 9.01. The Morgan fingerprint density at radius 3 is 3.08 bits per heavy atom. The molecule has 1 aliphatic heterocycles. The molecule has 0 radical (unpaired) electrons. The van der Waals surface area contributed by atoms with Crippen molar-refractivity contribution < 1.29 is 9.47 Å². The van der Waals surface area contributed by atoms with E-state index in [1.54, 1.807) is 7.11 Å². The van der Waals surface area contributed by atoms with Crippen LogP contribution in [0, 0.1) is 11.3 Å². The number of nitrogens with one attached hydrogen (secondary N) is 1. The van der Waals surface area contributed by atoms with Crippen molar-refractivity contribution in [3.05, 3.63) is 0 Å². The van der Waals surface area contributed by atoms with Crippen LogP contribution < -0.4 is 5.32 Å². The molecule has 0 amide bonds. The molecule has 0 saturated carbocycles.